The highest BCUT2D eigenvalue weighted by Crippen LogP contribution is 2.43. The number of aromatic amines is 2. The molecule has 6 rings (SSSR count). The quantitative estimate of drug-likeness (QED) is 0.201. The molecular weight excluding hydrogens is 584 g/mol. The standard InChI is InChI=1S/C32H31ClN6O5/c1-16-19(5-4-8-23(16)37-29(41)22-15-35-32(43)39-30(22)42)20-6-3-7-21(28(20)33)25-13-17-9-11-24(27(17)31(38-25)44-2)34-14-18-10-12-26(40)36-18/h3-8,13,15,18,24,34H,9-12,14H2,1-2H3,(H,36,40)(H,37,41)(H2,35,39,42,43)/t18-,24-/m0/s1. The Morgan fingerprint density at radius 2 is 1.84 bits per heavy atom. The van der Waals surface area contributed by atoms with E-state index in [1.807, 2.05) is 31.2 Å². The van der Waals surface area contributed by atoms with Gasteiger partial charge in [0.2, 0.25) is 11.8 Å². The molecule has 1 aliphatic heterocycles. The number of rotatable bonds is 8. The molecule has 1 saturated heterocycles. The number of H-pyrrole nitrogens is 2. The second kappa shape index (κ2) is 12.1. The first-order valence-corrected chi connectivity index (χ1v) is 14.7. The number of hydrogen-bond acceptors (Lipinski definition) is 7. The third kappa shape index (κ3) is 5.63. The van der Waals surface area contributed by atoms with Gasteiger partial charge in [0.05, 0.1) is 17.8 Å². The number of nitrogens with zero attached hydrogens (tertiary/aromatic N) is 1. The minimum absolute atomic E-state index is 0.0770. The zero-order valence-electron chi connectivity index (χ0n) is 24.2. The lowest BCUT2D eigenvalue weighted by Crippen LogP contribution is -2.36. The minimum atomic E-state index is -0.780. The van der Waals surface area contributed by atoms with Crippen LogP contribution in [0.25, 0.3) is 22.4 Å². The third-order valence-corrected chi connectivity index (χ3v) is 8.67. The Kier molecular flexibility index (Phi) is 8.07. The molecule has 44 heavy (non-hydrogen) atoms. The van der Waals surface area contributed by atoms with E-state index < -0.39 is 17.2 Å². The molecule has 0 spiro atoms. The second-order valence-corrected chi connectivity index (χ2v) is 11.4. The number of fused-ring (bicyclic) bond motifs is 1. The van der Waals surface area contributed by atoms with Crippen molar-refractivity contribution in [2.45, 2.75) is 44.7 Å². The van der Waals surface area contributed by atoms with Gasteiger partial charge in [-0.3, -0.25) is 19.4 Å². The molecule has 5 N–H and O–H groups in total. The summed E-state index contributed by atoms with van der Waals surface area (Å²) in [6, 6.07) is 13.4. The van der Waals surface area contributed by atoms with Gasteiger partial charge >= 0.3 is 5.69 Å². The van der Waals surface area contributed by atoms with Crippen molar-refractivity contribution in [2.24, 2.45) is 0 Å². The molecule has 226 valence electrons. The van der Waals surface area contributed by atoms with Crippen LogP contribution in [0.2, 0.25) is 5.02 Å². The molecule has 2 amide bonds. The Hall–Kier alpha value is -4.74. The summed E-state index contributed by atoms with van der Waals surface area (Å²) >= 11 is 7.05. The van der Waals surface area contributed by atoms with Crippen molar-refractivity contribution >= 4 is 29.1 Å². The summed E-state index contributed by atoms with van der Waals surface area (Å²) in [5, 5.41) is 9.85. The van der Waals surface area contributed by atoms with Crippen LogP contribution in [0.1, 0.15) is 52.4 Å². The van der Waals surface area contributed by atoms with Crippen LogP contribution in [-0.2, 0) is 11.2 Å². The predicted molar refractivity (Wildman–Crippen MR) is 167 cm³/mol. The van der Waals surface area contributed by atoms with Crippen LogP contribution in [0.3, 0.4) is 0 Å². The van der Waals surface area contributed by atoms with Gasteiger partial charge in [0.15, 0.2) is 0 Å². The number of anilines is 1. The van der Waals surface area contributed by atoms with Crippen LogP contribution in [0.15, 0.2) is 58.3 Å². The Balaban J connectivity index is 1.29. The highest BCUT2D eigenvalue weighted by Gasteiger charge is 2.30. The molecule has 12 heteroatoms. The number of aromatic nitrogens is 3. The zero-order chi connectivity index (χ0) is 31.0. The SMILES string of the molecule is COc1nc(-c2cccc(-c3cccc(NC(=O)c4c[nH]c(=O)[nH]c4=O)c3C)c2Cl)cc2c1[C@@H](NC[C@@H]1CCC(=O)N1)CC2. The van der Waals surface area contributed by atoms with Gasteiger partial charge in [-0.25, -0.2) is 9.78 Å². The highest BCUT2D eigenvalue weighted by molar-refractivity contribution is 6.36. The molecule has 2 aliphatic rings. The second-order valence-electron chi connectivity index (χ2n) is 11.0. The van der Waals surface area contributed by atoms with E-state index in [4.69, 9.17) is 21.3 Å². The van der Waals surface area contributed by atoms with Crippen molar-refractivity contribution in [1.82, 2.24) is 25.6 Å². The first kappa shape index (κ1) is 29.3. The molecule has 1 aliphatic carbocycles. The number of hydrogen-bond donors (Lipinski definition) is 5. The molecule has 4 aromatic rings. The first-order chi connectivity index (χ1) is 21.2. The van der Waals surface area contributed by atoms with Crippen LogP contribution in [-0.4, -0.2) is 46.5 Å². The number of carbonyl (C=O) groups is 2. The van der Waals surface area contributed by atoms with E-state index in [2.05, 4.69) is 32.0 Å². The van der Waals surface area contributed by atoms with Crippen LogP contribution in [0.5, 0.6) is 5.88 Å². The van der Waals surface area contributed by atoms with Crippen LogP contribution in [0.4, 0.5) is 5.69 Å². The topological polar surface area (TPSA) is 158 Å². The van der Waals surface area contributed by atoms with Gasteiger partial charge in [-0.1, -0.05) is 41.9 Å². The Morgan fingerprint density at radius 1 is 1.07 bits per heavy atom. The maximum atomic E-state index is 12.8. The van der Waals surface area contributed by atoms with Gasteiger partial charge in [0.1, 0.15) is 5.56 Å². The van der Waals surface area contributed by atoms with E-state index in [0.29, 0.717) is 35.2 Å². The van der Waals surface area contributed by atoms with Gasteiger partial charge < -0.3 is 25.7 Å². The highest BCUT2D eigenvalue weighted by atomic mass is 35.5. The van der Waals surface area contributed by atoms with Crippen LogP contribution in [0, 0.1) is 6.92 Å². The number of ether oxygens (including phenoxy) is 1. The minimum Gasteiger partial charge on any atom is -0.481 e. The third-order valence-electron chi connectivity index (χ3n) is 8.26. The van der Waals surface area contributed by atoms with Crippen molar-refractivity contribution in [3.8, 4) is 28.3 Å². The van der Waals surface area contributed by atoms with Crippen molar-refractivity contribution in [3.05, 3.63) is 96.8 Å². The molecule has 2 aromatic carbocycles. The summed E-state index contributed by atoms with van der Waals surface area (Å²) in [5.41, 5.74) is 4.70. The fraction of sp³-hybridized carbons (Fsp3) is 0.281. The lowest BCUT2D eigenvalue weighted by molar-refractivity contribution is -0.119. The molecule has 0 unspecified atom stereocenters. The zero-order valence-corrected chi connectivity index (χ0v) is 24.9. The average Bonchev–Trinajstić information content (AvgIpc) is 3.62. The molecule has 2 aromatic heterocycles. The van der Waals surface area contributed by atoms with Crippen molar-refractivity contribution in [2.75, 3.05) is 19.0 Å². The van der Waals surface area contributed by atoms with E-state index in [1.165, 1.54) is 0 Å². The number of pyridine rings is 1. The number of halogens is 1. The number of nitrogens with one attached hydrogen (secondary N) is 5. The summed E-state index contributed by atoms with van der Waals surface area (Å²) < 4.78 is 5.77. The molecule has 2 atom stereocenters. The maximum Gasteiger partial charge on any atom is 0.325 e. The summed E-state index contributed by atoms with van der Waals surface area (Å²) in [6.45, 7) is 2.54. The molecule has 11 nitrogen and oxygen atoms in total. The fourth-order valence-electron chi connectivity index (χ4n) is 5.99. The normalized spacial score (nSPS) is 17.3. The molecule has 0 radical (unpaired) electrons. The average molecular weight is 615 g/mol. The smallest absolute Gasteiger partial charge is 0.325 e. The summed E-state index contributed by atoms with van der Waals surface area (Å²) in [7, 11) is 1.61. The summed E-state index contributed by atoms with van der Waals surface area (Å²) in [5.74, 6) is -0.0129. The van der Waals surface area contributed by atoms with Gasteiger partial charge in [0, 0.05) is 53.6 Å². The first-order valence-electron chi connectivity index (χ1n) is 14.4. The number of carbonyl (C=O) groups excluding carboxylic acids is 2. The van der Waals surface area contributed by atoms with Crippen molar-refractivity contribution in [3.63, 3.8) is 0 Å². The lowest BCUT2D eigenvalue weighted by Gasteiger charge is -2.20. The van der Waals surface area contributed by atoms with Crippen molar-refractivity contribution in [1.29, 1.82) is 0 Å². The number of methoxy groups -OCH3 is 1. The Labute approximate surface area is 257 Å². The molecule has 0 saturated carbocycles. The monoisotopic (exact) mass is 614 g/mol. The van der Waals surface area contributed by atoms with Gasteiger partial charge in [-0.15, -0.1) is 0 Å². The van der Waals surface area contributed by atoms with Gasteiger partial charge in [-0.05, 0) is 55.0 Å². The van der Waals surface area contributed by atoms with E-state index in [9.17, 15) is 19.2 Å². The maximum absolute atomic E-state index is 12.8. The van der Waals surface area contributed by atoms with E-state index in [-0.39, 0.29) is 23.6 Å². The number of amides is 2. The fourth-order valence-corrected chi connectivity index (χ4v) is 6.31. The van der Waals surface area contributed by atoms with Gasteiger partial charge in [-0.2, -0.15) is 0 Å². The summed E-state index contributed by atoms with van der Waals surface area (Å²) in [4.78, 5) is 57.1. The summed E-state index contributed by atoms with van der Waals surface area (Å²) in [6.07, 6.45) is 4.23. The molecular formula is C32H31ClN6O5. The lowest BCUT2D eigenvalue weighted by atomic mass is 9.96. The van der Waals surface area contributed by atoms with E-state index >= 15 is 0 Å². The number of aryl methyl sites for hydroxylation is 1. The Bertz CT molecular complexity index is 1900. The largest absolute Gasteiger partial charge is 0.481 e. The van der Waals surface area contributed by atoms with E-state index in [0.717, 1.165) is 58.8 Å². The van der Waals surface area contributed by atoms with E-state index in [1.54, 1.807) is 19.2 Å². The van der Waals surface area contributed by atoms with Gasteiger partial charge in [0.25, 0.3) is 11.5 Å². The van der Waals surface area contributed by atoms with Crippen molar-refractivity contribution < 1.29 is 14.3 Å². The van der Waals surface area contributed by atoms with Crippen LogP contribution < -0.4 is 31.9 Å². The van der Waals surface area contributed by atoms with Crippen LogP contribution >= 0.6 is 11.6 Å². The predicted octanol–water partition coefficient (Wildman–Crippen LogP) is 3.87. The number of benzene rings is 2. The Morgan fingerprint density at radius 3 is 2.59 bits per heavy atom. The molecule has 1 fully saturated rings. The molecule has 0 bridgehead atoms. The molecule has 3 heterocycles.